The number of nitrogens with zero attached hydrogens (tertiary/aromatic N) is 1. The number of esters is 2. The maximum atomic E-state index is 12.9. The van der Waals surface area contributed by atoms with Crippen LogP contribution in [0, 0.1) is 0 Å². The molecule has 1 N–H and O–H groups in total. The van der Waals surface area contributed by atoms with Gasteiger partial charge in [0.25, 0.3) is 6.29 Å². The number of carbonyl (C=O) groups is 3. The van der Waals surface area contributed by atoms with E-state index in [1.54, 1.807) is 0 Å². The number of carbonyl (C=O) groups excluding carboxylic acids is 2. The number of rotatable bonds is 55. The molecule has 79 heavy (non-hydrogen) atoms. The molecule has 0 aliphatic rings. The van der Waals surface area contributed by atoms with Crippen molar-refractivity contribution in [3.05, 3.63) is 146 Å². The van der Waals surface area contributed by atoms with E-state index in [2.05, 4.69) is 160 Å². The van der Waals surface area contributed by atoms with Crippen molar-refractivity contribution in [3.8, 4) is 0 Å². The molecule has 0 saturated heterocycles. The summed E-state index contributed by atoms with van der Waals surface area (Å²) in [5.41, 5.74) is 0. The van der Waals surface area contributed by atoms with Gasteiger partial charge in [-0.1, -0.05) is 237 Å². The molecule has 9 nitrogen and oxygen atoms in total. The molecule has 0 aliphatic heterocycles. The van der Waals surface area contributed by atoms with E-state index >= 15 is 0 Å². The van der Waals surface area contributed by atoms with Gasteiger partial charge in [0, 0.05) is 12.8 Å². The van der Waals surface area contributed by atoms with E-state index < -0.39 is 24.3 Å². The Bertz CT molecular complexity index is 1800. The van der Waals surface area contributed by atoms with Crippen molar-refractivity contribution in [1.82, 2.24) is 0 Å². The van der Waals surface area contributed by atoms with Crippen LogP contribution in [-0.2, 0) is 33.3 Å². The Morgan fingerprint density at radius 3 is 1.01 bits per heavy atom. The molecule has 0 radical (unpaired) electrons. The Morgan fingerprint density at radius 1 is 0.380 bits per heavy atom. The van der Waals surface area contributed by atoms with Crippen molar-refractivity contribution in [2.24, 2.45) is 0 Å². The molecule has 0 aromatic heterocycles. The highest BCUT2D eigenvalue weighted by Crippen LogP contribution is 2.15. The van der Waals surface area contributed by atoms with Crippen molar-refractivity contribution >= 4 is 17.9 Å². The average molecular weight is 1100 g/mol. The van der Waals surface area contributed by atoms with Crippen molar-refractivity contribution in [2.75, 3.05) is 47.5 Å². The first-order valence-electron chi connectivity index (χ1n) is 31.0. The number of allylic oxidation sites excluding steroid dienone is 24. The Morgan fingerprint density at radius 2 is 0.684 bits per heavy atom. The number of aliphatic carboxylic acids is 1. The lowest BCUT2D eigenvalue weighted by molar-refractivity contribution is -0.870. The maximum absolute atomic E-state index is 12.9. The first-order chi connectivity index (χ1) is 38.6. The average Bonchev–Trinajstić information content (AvgIpc) is 3.42. The summed E-state index contributed by atoms with van der Waals surface area (Å²) in [6.45, 7) is 4.61. The lowest BCUT2D eigenvalue weighted by atomic mass is 10.1. The van der Waals surface area contributed by atoms with E-state index in [4.69, 9.17) is 18.9 Å². The lowest BCUT2D eigenvalue weighted by Gasteiger charge is -2.25. The van der Waals surface area contributed by atoms with Crippen molar-refractivity contribution < 1.29 is 42.9 Å². The summed E-state index contributed by atoms with van der Waals surface area (Å²) in [5.74, 6) is -2.04. The van der Waals surface area contributed by atoms with Gasteiger partial charge in [-0.15, -0.1) is 0 Å². The monoisotopic (exact) mass is 1100 g/mol. The topological polar surface area (TPSA) is 108 Å². The molecule has 0 spiro atoms. The summed E-state index contributed by atoms with van der Waals surface area (Å²) < 4.78 is 22.9. The molecule has 0 amide bonds. The van der Waals surface area contributed by atoms with Gasteiger partial charge in [0.2, 0.25) is 0 Å². The molecule has 0 aromatic rings. The maximum Gasteiger partial charge on any atom is 0.361 e. The highest BCUT2D eigenvalue weighted by molar-refractivity contribution is 5.71. The van der Waals surface area contributed by atoms with Crippen LogP contribution in [0.2, 0.25) is 0 Å². The Balaban J connectivity index is 4.30. The molecule has 0 rings (SSSR count). The molecule has 0 heterocycles. The second-order valence-corrected chi connectivity index (χ2v) is 21.2. The quantitative estimate of drug-likeness (QED) is 0.0211. The first kappa shape index (κ1) is 74.2. The number of carboxylic acid groups (broad SMARTS) is 1. The van der Waals surface area contributed by atoms with Gasteiger partial charge in [0.1, 0.15) is 13.2 Å². The highest BCUT2D eigenvalue weighted by atomic mass is 16.7. The van der Waals surface area contributed by atoms with Gasteiger partial charge in [-0.25, -0.2) is 4.79 Å². The van der Waals surface area contributed by atoms with E-state index in [0.717, 1.165) is 135 Å². The Labute approximate surface area is 483 Å². The van der Waals surface area contributed by atoms with Crippen LogP contribution in [0.15, 0.2) is 146 Å². The van der Waals surface area contributed by atoms with E-state index in [1.165, 1.54) is 51.4 Å². The van der Waals surface area contributed by atoms with Crippen LogP contribution in [0.3, 0.4) is 0 Å². The van der Waals surface area contributed by atoms with Gasteiger partial charge in [-0.2, -0.15) is 0 Å². The van der Waals surface area contributed by atoms with Crippen LogP contribution >= 0.6 is 0 Å². The smallest absolute Gasteiger partial charge is 0.361 e. The molecule has 2 atom stereocenters. The third-order valence-electron chi connectivity index (χ3n) is 12.6. The zero-order valence-corrected chi connectivity index (χ0v) is 50.7. The molecular weight excluding hydrogens is 983 g/mol. The molecule has 0 fully saturated rings. The SMILES string of the molecule is CC/C=C\C/C=C\C/C=C\C/C=C\C/C=C\C/C=C\C/C=C\CCCCCCCCCC(=O)OC(COC(=O)CCCCCCCCCCC/C=C\C/C=C\C/C=C\C/C=C\C/C=C\CC)COC(OCC[N+](C)(C)C)C(=O)O. The first-order valence-corrected chi connectivity index (χ1v) is 31.0. The fourth-order valence-electron chi connectivity index (χ4n) is 7.90. The zero-order valence-electron chi connectivity index (χ0n) is 50.7. The highest BCUT2D eigenvalue weighted by Gasteiger charge is 2.25. The fourth-order valence-corrected chi connectivity index (χ4v) is 7.90. The summed E-state index contributed by atoms with van der Waals surface area (Å²) in [6.07, 6.45) is 83.5. The van der Waals surface area contributed by atoms with Gasteiger partial charge in [0.05, 0.1) is 34.4 Å². The van der Waals surface area contributed by atoms with Gasteiger partial charge in [-0.3, -0.25) is 9.59 Å². The third-order valence-corrected chi connectivity index (χ3v) is 12.6. The fraction of sp³-hybridized carbons (Fsp3) is 0.614. The van der Waals surface area contributed by atoms with Crippen LogP contribution in [-0.4, -0.2) is 87.4 Å². The second kappa shape index (κ2) is 59.3. The molecule has 0 aromatic carbocycles. The van der Waals surface area contributed by atoms with Crippen LogP contribution < -0.4 is 0 Å². The minimum atomic E-state index is -1.53. The summed E-state index contributed by atoms with van der Waals surface area (Å²) in [6, 6.07) is 0. The van der Waals surface area contributed by atoms with E-state index in [1.807, 2.05) is 21.1 Å². The van der Waals surface area contributed by atoms with Crippen LogP contribution in [0.1, 0.15) is 219 Å². The van der Waals surface area contributed by atoms with E-state index in [-0.39, 0.29) is 38.6 Å². The number of hydrogen-bond donors (Lipinski definition) is 1. The summed E-state index contributed by atoms with van der Waals surface area (Å²) in [5, 5.41) is 9.72. The Kier molecular flexibility index (Phi) is 55.7. The molecular formula is C70H114NO8+. The number of unbranched alkanes of at least 4 members (excludes halogenated alkanes) is 16. The van der Waals surface area contributed by atoms with E-state index in [0.29, 0.717) is 17.4 Å². The largest absolute Gasteiger partial charge is 0.477 e. The predicted octanol–water partition coefficient (Wildman–Crippen LogP) is 18.8. The van der Waals surface area contributed by atoms with Crippen LogP contribution in [0.4, 0.5) is 0 Å². The standard InChI is InChI=1S/C70H113NO8/c1-6-8-10-12-14-16-18-20-22-24-26-28-30-32-33-34-35-37-39-41-43-45-47-49-51-53-55-57-59-61-68(73)79-66(65-78-70(69(74)75)76-63-62-71(3,4)5)64-77-67(72)60-58-56-54-52-50-48-46-44-42-40-38-36-31-29-27-25-23-21-19-17-15-13-11-9-7-2/h8-11,14-17,20-23,26-29,32-33,35-38,41,43,66,70H,6-7,12-13,18-19,24-25,30-31,34,39-40,42,44-65H2,1-5H3/p+1/b10-8-,11-9-,16-14-,17-15-,22-20-,23-21-,28-26-,29-27-,33-32-,37-35-,38-36-,43-41-. The van der Waals surface area contributed by atoms with Crippen molar-refractivity contribution in [2.45, 2.75) is 232 Å². The van der Waals surface area contributed by atoms with Crippen LogP contribution in [0.5, 0.6) is 0 Å². The molecule has 446 valence electrons. The molecule has 0 bridgehead atoms. The minimum absolute atomic E-state index is 0.176. The van der Waals surface area contributed by atoms with Gasteiger partial charge in [0.15, 0.2) is 6.10 Å². The van der Waals surface area contributed by atoms with Gasteiger partial charge < -0.3 is 28.5 Å². The third kappa shape index (κ3) is 60.7. The second-order valence-electron chi connectivity index (χ2n) is 21.2. The number of likely N-dealkylation sites (N-methyl/N-ethyl adjacent to an activating group) is 1. The molecule has 9 heteroatoms. The van der Waals surface area contributed by atoms with Crippen molar-refractivity contribution in [1.29, 1.82) is 0 Å². The van der Waals surface area contributed by atoms with Gasteiger partial charge in [-0.05, 0) is 116 Å². The number of carboxylic acids is 1. The van der Waals surface area contributed by atoms with Crippen molar-refractivity contribution in [3.63, 3.8) is 0 Å². The summed E-state index contributed by atoms with van der Waals surface area (Å²) >= 11 is 0. The zero-order chi connectivity index (χ0) is 57.6. The number of hydrogen-bond acceptors (Lipinski definition) is 7. The van der Waals surface area contributed by atoms with Gasteiger partial charge >= 0.3 is 17.9 Å². The lowest BCUT2D eigenvalue weighted by Crippen LogP contribution is -2.40. The predicted molar refractivity (Wildman–Crippen MR) is 336 cm³/mol. The van der Waals surface area contributed by atoms with Crippen LogP contribution in [0.25, 0.3) is 0 Å². The minimum Gasteiger partial charge on any atom is -0.477 e. The number of ether oxygens (including phenoxy) is 4. The Hall–Kier alpha value is -4.83. The molecule has 0 aliphatic carbocycles. The summed E-state index contributed by atoms with van der Waals surface area (Å²) in [7, 11) is 5.95. The summed E-state index contributed by atoms with van der Waals surface area (Å²) in [4.78, 5) is 37.5. The molecule has 0 saturated carbocycles. The normalized spacial score (nSPS) is 13.8. The van der Waals surface area contributed by atoms with E-state index in [9.17, 15) is 19.5 Å². The molecule has 2 unspecified atom stereocenters. The number of quaternary nitrogens is 1.